The second-order valence-corrected chi connectivity index (χ2v) is 14.7. The Balaban J connectivity index is 4.25. The zero-order valence-corrected chi connectivity index (χ0v) is 33.2. The lowest BCUT2D eigenvalue weighted by molar-refractivity contribution is -0.154. The average Bonchev–Trinajstić information content (AvgIpc) is 3.12. The minimum atomic E-state index is -4.52. The highest BCUT2D eigenvalue weighted by molar-refractivity contribution is 7.47. The normalized spacial score (nSPS) is 14.7. The number of hydrogen-bond acceptors (Lipinski definition) is 8. The maximum atomic E-state index is 12.6. The second kappa shape index (κ2) is 38.2. The minimum absolute atomic E-state index is 0.0350. The van der Waals surface area contributed by atoms with Crippen molar-refractivity contribution < 1.29 is 43.0 Å². The number of phosphoric acid groups is 1. The number of aliphatic hydroxyl groups is 2. The van der Waals surface area contributed by atoms with Crippen LogP contribution in [0.3, 0.4) is 0 Å². The van der Waals surface area contributed by atoms with Gasteiger partial charge in [0.1, 0.15) is 12.2 Å². The summed E-state index contributed by atoms with van der Waals surface area (Å²) in [5, 5.41) is 18.3. The molecule has 0 spiro atoms. The van der Waals surface area contributed by atoms with E-state index in [0.717, 1.165) is 77.0 Å². The highest BCUT2D eigenvalue weighted by Crippen LogP contribution is 2.43. The van der Waals surface area contributed by atoms with E-state index in [1.165, 1.54) is 57.8 Å². The van der Waals surface area contributed by atoms with Crippen molar-refractivity contribution in [1.82, 2.24) is 0 Å². The summed E-state index contributed by atoms with van der Waals surface area (Å²) in [5.74, 6) is -0.403. The number of ether oxygens (including phenoxy) is 2. The van der Waals surface area contributed by atoms with Crippen LogP contribution < -0.4 is 0 Å². The van der Waals surface area contributed by atoms with Gasteiger partial charge >= 0.3 is 13.8 Å². The molecular formula is C41H75O9P. The van der Waals surface area contributed by atoms with Gasteiger partial charge in [0.25, 0.3) is 0 Å². The Bertz CT molecular complexity index is 934. The van der Waals surface area contributed by atoms with Crippen molar-refractivity contribution in [2.75, 3.05) is 33.0 Å². The molecule has 0 aliphatic rings. The number of carbonyl (C=O) groups is 1. The molecule has 0 aromatic carbocycles. The van der Waals surface area contributed by atoms with Crippen LogP contribution in [0.4, 0.5) is 0 Å². The topological polar surface area (TPSA) is 132 Å². The van der Waals surface area contributed by atoms with Crippen molar-refractivity contribution in [1.29, 1.82) is 0 Å². The molecule has 10 heteroatoms. The summed E-state index contributed by atoms with van der Waals surface area (Å²) in [5.41, 5.74) is 0. The van der Waals surface area contributed by atoms with Gasteiger partial charge in [0, 0.05) is 13.0 Å². The van der Waals surface area contributed by atoms with Crippen LogP contribution in [-0.2, 0) is 27.9 Å². The van der Waals surface area contributed by atoms with Crippen LogP contribution >= 0.6 is 7.82 Å². The van der Waals surface area contributed by atoms with Crippen molar-refractivity contribution in [3.63, 3.8) is 0 Å². The first-order valence-corrected chi connectivity index (χ1v) is 21.6. The second-order valence-electron chi connectivity index (χ2n) is 13.3. The summed E-state index contributed by atoms with van der Waals surface area (Å²) in [7, 11) is -4.52. The molecule has 0 fully saturated rings. The van der Waals surface area contributed by atoms with Crippen molar-refractivity contribution >= 4 is 13.8 Å². The third-order valence-corrected chi connectivity index (χ3v) is 9.17. The fourth-order valence-electron chi connectivity index (χ4n) is 5.13. The van der Waals surface area contributed by atoms with E-state index in [2.05, 4.69) is 62.5 Å². The first kappa shape index (κ1) is 49.4. The predicted molar refractivity (Wildman–Crippen MR) is 210 cm³/mol. The Morgan fingerprint density at radius 1 is 0.608 bits per heavy atom. The SMILES string of the molecule is CCC/C=C\C/C=C\CCCCCCCC(=O)OC(COCCCCCCCC/C=C\C/C=C\CCCCCC)COP(=O)(O)OCC(O)CO. The molecular weight excluding hydrogens is 667 g/mol. The first-order valence-electron chi connectivity index (χ1n) is 20.1. The average molecular weight is 743 g/mol. The monoisotopic (exact) mass is 743 g/mol. The molecule has 0 aromatic heterocycles. The molecule has 0 amide bonds. The first-order chi connectivity index (χ1) is 24.8. The van der Waals surface area contributed by atoms with Gasteiger partial charge in [0.05, 0.1) is 26.4 Å². The molecule has 3 unspecified atom stereocenters. The van der Waals surface area contributed by atoms with E-state index in [0.29, 0.717) is 13.0 Å². The number of aliphatic hydroxyl groups excluding tert-OH is 2. The molecule has 0 aliphatic carbocycles. The Labute approximate surface area is 311 Å². The predicted octanol–water partition coefficient (Wildman–Crippen LogP) is 10.6. The maximum Gasteiger partial charge on any atom is 0.472 e. The quantitative estimate of drug-likeness (QED) is 0.0245. The maximum absolute atomic E-state index is 12.6. The molecule has 3 atom stereocenters. The van der Waals surface area contributed by atoms with E-state index >= 15 is 0 Å². The molecule has 298 valence electrons. The molecule has 0 rings (SSSR count). The van der Waals surface area contributed by atoms with Crippen molar-refractivity contribution in [2.24, 2.45) is 0 Å². The number of carbonyl (C=O) groups excluding carboxylic acids is 1. The zero-order valence-electron chi connectivity index (χ0n) is 32.3. The van der Waals surface area contributed by atoms with Crippen LogP contribution in [0.2, 0.25) is 0 Å². The van der Waals surface area contributed by atoms with Gasteiger partial charge in [0.2, 0.25) is 0 Å². The summed E-state index contributed by atoms with van der Waals surface area (Å²) in [6.45, 7) is 3.38. The summed E-state index contributed by atoms with van der Waals surface area (Å²) >= 11 is 0. The molecule has 0 radical (unpaired) electrons. The molecule has 0 saturated heterocycles. The Hall–Kier alpha value is -1.58. The number of phosphoric ester groups is 1. The molecule has 51 heavy (non-hydrogen) atoms. The largest absolute Gasteiger partial charge is 0.472 e. The fraction of sp³-hybridized carbons (Fsp3) is 0.780. The van der Waals surface area contributed by atoms with Gasteiger partial charge in [-0.3, -0.25) is 13.8 Å². The van der Waals surface area contributed by atoms with Gasteiger partial charge < -0.3 is 24.6 Å². The molecule has 0 bridgehead atoms. The van der Waals surface area contributed by atoms with Gasteiger partial charge in [-0.05, 0) is 70.6 Å². The number of esters is 1. The van der Waals surface area contributed by atoms with Crippen molar-refractivity contribution in [2.45, 2.75) is 174 Å². The summed E-state index contributed by atoms with van der Waals surface area (Å²) in [6, 6.07) is 0. The lowest BCUT2D eigenvalue weighted by atomic mass is 10.1. The Morgan fingerprint density at radius 3 is 1.65 bits per heavy atom. The van der Waals surface area contributed by atoms with Crippen molar-refractivity contribution in [3.8, 4) is 0 Å². The Morgan fingerprint density at radius 2 is 1.10 bits per heavy atom. The third-order valence-electron chi connectivity index (χ3n) is 8.22. The highest BCUT2D eigenvalue weighted by atomic mass is 31.2. The molecule has 0 aliphatic heterocycles. The number of hydrogen-bond donors (Lipinski definition) is 3. The smallest absolute Gasteiger partial charge is 0.457 e. The summed E-state index contributed by atoms with van der Waals surface area (Å²) in [6.07, 6.45) is 40.6. The Kier molecular flexibility index (Phi) is 37.0. The van der Waals surface area contributed by atoms with Crippen LogP contribution in [0, 0.1) is 0 Å². The standard InChI is InChI=1S/C41H75O9P/c1-3-5-7-9-11-13-15-17-18-19-20-22-24-26-28-30-32-34-47-37-40(38-49-51(45,46)48-36-39(43)35-42)50-41(44)33-31-29-27-25-23-21-16-14-12-10-8-6-4-2/h8,10,13-16,18-19,39-40,42-43H,3-7,9,11-12,17,20-38H2,1-2H3,(H,45,46)/b10-8-,15-13-,16-14-,19-18-. The van der Waals surface area contributed by atoms with E-state index < -0.39 is 39.2 Å². The van der Waals surface area contributed by atoms with E-state index in [1.54, 1.807) is 0 Å². The lowest BCUT2D eigenvalue weighted by Crippen LogP contribution is -2.29. The van der Waals surface area contributed by atoms with Crippen LogP contribution in [0.25, 0.3) is 0 Å². The number of rotatable bonds is 38. The molecule has 3 N–H and O–H groups in total. The van der Waals surface area contributed by atoms with Crippen LogP contribution in [0.1, 0.15) is 162 Å². The van der Waals surface area contributed by atoms with Crippen LogP contribution in [-0.4, -0.2) is 66.3 Å². The summed E-state index contributed by atoms with van der Waals surface area (Å²) < 4.78 is 33.3. The number of allylic oxidation sites excluding steroid dienone is 8. The minimum Gasteiger partial charge on any atom is -0.457 e. The van der Waals surface area contributed by atoms with Gasteiger partial charge in [-0.25, -0.2) is 4.57 Å². The lowest BCUT2D eigenvalue weighted by Gasteiger charge is -2.20. The van der Waals surface area contributed by atoms with Gasteiger partial charge in [-0.1, -0.05) is 133 Å². The molecule has 0 saturated carbocycles. The number of unbranched alkanes of at least 4 members (excludes halogenated alkanes) is 16. The highest BCUT2D eigenvalue weighted by Gasteiger charge is 2.26. The molecule has 0 heterocycles. The summed E-state index contributed by atoms with van der Waals surface area (Å²) in [4.78, 5) is 22.5. The third kappa shape index (κ3) is 38.0. The van der Waals surface area contributed by atoms with Gasteiger partial charge in [0.15, 0.2) is 0 Å². The van der Waals surface area contributed by atoms with Crippen molar-refractivity contribution in [3.05, 3.63) is 48.6 Å². The van der Waals surface area contributed by atoms with E-state index in [-0.39, 0.29) is 19.6 Å². The molecule has 9 nitrogen and oxygen atoms in total. The van der Waals surface area contributed by atoms with E-state index in [9.17, 15) is 19.4 Å². The van der Waals surface area contributed by atoms with Gasteiger partial charge in [-0.15, -0.1) is 0 Å². The zero-order chi connectivity index (χ0) is 37.5. The fourth-order valence-corrected chi connectivity index (χ4v) is 5.92. The van der Waals surface area contributed by atoms with Crippen LogP contribution in [0.15, 0.2) is 48.6 Å². The molecule has 0 aromatic rings. The van der Waals surface area contributed by atoms with Gasteiger partial charge in [-0.2, -0.15) is 0 Å². The van der Waals surface area contributed by atoms with Crippen LogP contribution in [0.5, 0.6) is 0 Å². The van der Waals surface area contributed by atoms with E-state index in [1.807, 2.05) is 0 Å². The van der Waals surface area contributed by atoms with E-state index in [4.69, 9.17) is 23.6 Å².